The smallest absolute Gasteiger partial charge is 0.244 e. The van der Waals surface area contributed by atoms with Gasteiger partial charge in [-0.05, 0) is 41.5 Å². The first-order chi connectivity index (χ1) is 12.9. The van der Waals surface area contributed by atoms with E-state index in [4.69, 9.17) is 0 Å². The second kappa shape index (κ2) is 9.82. The van der Waals surface area contributed by atoms with Crippen molar-refractivity contribution in [1.29, 1.82) is 0 Å². The van der Waals surface area contributed by atoms with E-state index < -0.39 is 10.0 Å². The Balaban J connectivity index is 1.94. The number of carbonyl (C=O) groups excluding carboxylic acids is 1. The van der Waals surface area contributed by atoms with Gasteiger partial charge >= 0.3 is 0 Å². The van der Waals surface area contributed by atoms with Gasteiger partial charge in [-0.15, -0.1) is 0 Å². The summed E-state index contributed by atoms with van der Waals surface area (Å²) in [4.78, 5) is 12.2. The topological polar surface area (TPSA) is 66.5 Å². The summed E-state index contributed by atoms with van der Waals surface area (Å²) in [5, 5.41) is 2.79. The van der Waals surface area contributed by atoms with Gasteiger partial charge in [0.05, 0.1) is 4.90 Å². The molecule has 0 atom stereocenters. The molecule has 0 unspecified atom stereocenters. The Morgan fingerprint density at radius 1 is 1.04 bits per heavy atom. The Morgan fingerprint density at radius 3 is 2.19 bits per heavy atom. The van der Waals surface area contributed by atoms with Crippen LogP contribution in [0.25, 0.3) is 6.08 Å². The van der Waals surface area contributed by atoms with E-state index in [-0.39, 0.29) is 10.8 Å². The predicted octanol–water partition coefficient (Wildman–Crippen LogP) is 3.81. The van der Waals surface area contributed by atoms with Gasteiger partial charge in [0.2, 0.25) is 15.9 Å². The number of sulfonamides is 1. The third-order valence-electron chi connectivity index (χ3n) is 4.03. The van der Waals surface area contributed by atoms with Crippen molar-refractivity contribution < 1.29 is 13.2 Å². The number of amides is 1. The van der Waals surface area contributed by atoms with Crippen molar-refractivity contribution >= 4 is 37.9 Å². The lowest BCUT2D eigenvalue weighted by molar-refractivity contribution is -0.116. The maximum atomic E-state index is 12.5. The van der Waals surface area contributed by atoms with Crippen molar-refractivity contribution in [2.75, 3.05) is 13.1 Å². The highest BCUT2D eigenvalue weighted by molar-refractivity contribution is 9.10. The van der Waals surface area contributed by atoms with Crippen molar-refractivity contribution in [2.45, 2.75) is 25.3 Å². The van der Waals surface area contributed by atoms with Gasteiger partial charge in [0.15, 0.2) is 0 Å². The van der Waals surface area contributed by atoms with Gasteiger partial charge in [-0.3, -0.25) is 4.79 Å². The molecular formula is C20H23BrN2O3S. The number of benzene rings is 2. The van der Waals surface area contributed by atoms with Crippen LogP contribution in [-0.2, 0) is 21.4 Å². The number of halogens is 1. The fourth-order valence-electron chi connectivity index (χ4n) is 2.49. The summed E-state index contributed by atoms with van der Waals surface area (Å²) in [6.07, 6.45) is 3.21. The van der Waals surface area contributed by atoms with Gasteiger partial charge in [-0.1, -0.05) is 54.0 Å². The Bertz CT molecular complexity index is 888. The molecule has 2 aromatic carbocycles. The quantitative estimate of drug-likeness (QED) is 0.621. The Labute approximate surface area is 169 Å². The van der Waals surface area contributed by atoms with E-state index in [1.807, 2.05) is 38.1 Å². The zero-order chi connectivity index (χ0) is 19.9. The average Bonchev–Trinajstić information content (AvgIpc) is 2.67. The molecule has 0 heterocycles. The van der Waals surface area contributed by atoms with Crippen LogP contribution >= 0.6 is 15.9 Å². The second-order valence-corrected chi connectivity index (χ2v) is 8.69. The summed E-state index contributed by atoms with van der Waals surface area (Å²) in [6.45, 7) is 4.82. The molecular weight excluding hydrogens is 428 g/mol. The van der Waals surface area contributed by atoms with E-state index in [1.165, 1.54) is 10.4 Å². The lowest BCUT2D eigenvalue weighted by Crippen LogP contribution is -2.30. The van der Waals surface area contributed by atoms with Crippen LogP contribution in [0.5, 0.6) is 0 Å². The van der Waals surface area contributed by atoms with Crippen LogP contribution in [0.3, 0.4) is 0 Å². The minimum Gasteiger partial charge on any atom is -0.348 e. The molecule has 0 radical (unpaired) electrons. The lowest BCUT2D eigenvalue weighted by Gasteiger charge is -2.18. The fraction of sp³-hybridized carbons (Fsp3) is 0.250. The molecule has 0 spiro atoms. The second-order valence-electron chi connectivity index (χ2n) is 5.84. The molecule has 7 heteroatoms. The van der Waals surface area contributed by atoms with Crippen molar-refractivity contribution in [3.8, 4) is 0 Å². The number of nitrogens with zero attached hydrogens (tertiary/aromatic N) is 1. The highest BCUT2D eigenvalue weighted by Crippen LogP contribution is 2.16. The van der Waals surface area contributed by atoms with Crippen molar-refractivity contribution in [1.82, 2.24) is 9.62 Å². The van der Waals surface area contributed by atoms with Crippen molar-refractivity contribution in [3.63, 3.8) is 0 Å². The molecule has 0 aliphatic carbocycles. The first-order valence-electron chi connectivity index (χ1n) is 8.67. The third kappa shape index (κ3) is 6.02. The largest absolute Gasteiger partial charge is 0.348 e. The van der Waals surface area contributed by atoms with Gasteiger partial charge in [0.25, 0.3) is 0 Å². The number of hydrogen-bond acceptors (Lipinski definition) is 3. The number of carbonyl (C=O) groups is 1. The van der Waals surface area contributed by atoms with E-state index >= 15 is 0 Å². The Morgan fingerprint density at radius 2 is 1.63 bits per heavy atom. The van der Waals surface area contributed by atoms with Gasteiger partial charge in [0, 0.05) is 30.2 Å². The number of nitrogens with one attached hydrogen (secondary N) is 1. The van der Waals surface area contributed by atoms with Crippen LogP contribution in [0, 0.1) is 0 Å². The maximum Gasteiger partial charge on any atom is 0.244 e. The lowest BCUT2D eigenvalue weighted by atomic mass is 10.2. The van der Waals surface area contributed by atoms with Crippen LogP contribution in [0.4, 0.5) is 0 Å². The Kier molecular flexibility index (Phi) is 7.77. The standard InChI is InChI=1S/C20H23BrN2O3S/c1-3-23(4-2)27(25,26)19-12-7-17(8-13-19)15-22-20(24)14-9-16-5-10-18(21)11-6-16/h5-14H,3-4,15H2,1-2H3,(H,22,24)/b14-9+. The first kappa shape index (κ1) is 21.3. The maximum absolute atomic E-state index is 12.5. The first-order valence-corrected chi connectivity index (χ1v) is 10.9. The third-order valence-corrected chi connectivity index (χ3v) is 6.62. The molecule has 1 N–H and O–H groups in total. The van der Waals surface area contributed by atoms with Gasteiger partial charge in [0.1, 0.15) is 0 Å². The summed E-state index contributed by atoms with van der Waals surface area (Å²) < 4.78 is 27.3. The van der Waals surface area contributed by atoms with E-state index in [2.05, 4.69) is 21.2 Å². The van der Waals surface area contributed by atoms with Crippen LogP contribution < -0.4 is 5.32 Å². The Hall–Kier alpha value is -1.96. The van der Waals surface area contributed by atoms with Crippen LogP contribution in [0.1, 0.15) is 25.0 Å². The molecule has 0 aliphatic rings. The molecule has 0 bridgehead atoms. The molecule has 0 saturated heterocycles. The number of rotatable bonds is 8. The molecule has 0 aliphatic heterocycles. The zero-order valence-corrected chi connectivity index (χ0v) is 17.8. The predicted molar refractivity (Wildman–Crippen MR) is 112 cm³/mol. The molecule has 2 rings (SSSR count). The summed E-state index contributed by atoms with van der Waals surface area (Å²) >= 11 is 3.37. The van der Waals surface area contributed by atoms with Gasteiger partial charge in [-0.2, -0.15) is 4.31 Å². The normalized spacial score (nSPS) is 11.9. The molecule has 0 saturated carbocycles. The molecule has 0 fully saturated rings. The molecule has 27 heavy (non-hydrogen) atoms. The minimum absolute atomic E-state index is 0.210. The monoisotopic (exact) mass is 450 g/mol. The van der Waals surface area contributed by atoms with E-state index in [0.29, 0.717) is 19.6 Å². The van der Waals surface area contributed by atoms with E-state index in [0.717, 1.165) is 15.6 Å². The molecule has 0 aromatic heterocycles. The van der Waals surface area contributed by atoms with E-state index in [1.54, 1.807) is 30.3 Å². The van der Waals surface area contributed by atoms with Gasteiger partial charge in [-0.25, -0.2) is 8.42 Å². The highest BCUT2D eigenvalue weighted by atomic mass is 79.9. The molecule has 1 amide bonds. The van der Waals surface area contributed by atoms with Gasteiger partial charge < -0.3 is 5.32 Å². The van der Waals surface area contributed by atoms with Crippen LogP contribution in [-0.4, -0.2) is 31.7 Å². The van der Waals surface area contributed by atoms with Crippen LogP contribution in [0.15, 0.2) is 64.0 Å². The summed E-state index contributed by atoms with van der Waals surface area (Å²) in [7, 11) is -3.46. The molecule has 144 valence electrons. The van der Waals surface area contributed by atoms with Crippen molar-refractivity contribution in [2.24, 2.45) is 0 Å². The number of hydrogen-bond donors (Lipinski definition) is 1. The summed E-state index contributed by atoms with van der Waals surface area (Å²) in [6, 6.07) is 14.2. The van der Waals surface area contributed by atoms with E-state index in [9.17, 15) is 13.2 Å². The summed E-state index contributed by atoms with van der Waals surface area (Å²) in [5.74, 6) is -0.210. The zero-order valence-electron chi connectivity index (χ0n) is 15.4. The fourth-order valence-corrected chi connectivity index (χ4v) is 4.21. The van der Waals surface area contributed by atoms with Crippen LogP contribution in [0.2, 0.25) is 0 Å². The molecule has 2 aromatic rings. The highest BCUT2D eigenvalue weighted by Gasteiger charge is 2.21. The SMILES string of the molecule is CCN(CC)S(=O)(=O)c1ccc(CNC(=O)/C=C/c2ccc(Br)cc2)cc1. The van der Waals surface area contributed by atoms with Crippen molar-refractivity contribution in [3.05, 3.63) is 70.2 Å². The summed E-state index contributed by atoms with van der Waals surface area (Å²) in [5.41, 5.74) is 1.76. The minimum atomic E-state index is -3.46. The molecule has 5 nitrogen and oxygen atoms in total. The average molecular weight is 451 g/mol.